The van der Waals surface area contributed by atoms with Gasteiger partial charge in [0.25, 0.3) is 5.91 Å². The number of anilines is 1. The lowest BCUT2D eigenvalue weighted by Crippen LogP contribution is -2.39. The molecule has 24 heavy (non-hydrogen) atoms. The Hall–Kier alpha value is -2.11. The van der Waals surface area contributed by atoms with Gasteiger partial charge >= 0.3 is 0 Å². The van der Waals surface area contributed by atoms with E-state index in [0.29, 0.717) is 22.4 Å². The summed E-state index contributed by atoms with van der Waals surface area (Å²) in [5, 5.41) is 3.76. The van der Waals surface area contributed by atoms with Gasteiger partial charge in [-0.2, -0.15) is 0 Å². The molecule has 1 aliphatic heterocycles. The molecule has 6 heteroatoms. The van der Waals surface area contributed by atoms with Crippen molar-refractivity contribution in [1.82, 2.24) is 9.88 Å². The lowest BCUT2D eigenvalue weighted by molar-refractivity contribution is 0.100. The summed E-state index contributed by atoms with van der Waals surface area (Å²) < 4.78 is 0. The Balaban J connectivity index is 1.58. The third kappa shape index (κ3) is 4.24. The van der Waals surface area contributed by atoms with Crippen LogP contribution >= 0.6 is 11.6 Å². The van der Waals surface area contributed by atoms with Crippen molar-refractivity contribution >= 4 is 23.2 Å². The fourth-order valence-electron chi connectivity index (χ4n) is 3.04. The van der Waals surface area contributed by atoms with Gasteiger partial charge in [-0.05, 0) is 24.5 Å². The summed E-state index contributed by atoms with van der Waals surface area (Å²) in [4.78, 5) is 17.9. The van der Waals surface area contributed by atoms with Crippen molar-refractivity contribution in [3.8, 4) is 0 Å². The molecule has 0 unspecified atom stereocenters. The first-order valence-corrected chi connectivity index (χ1v) is 8.48. The number of likely N-dealkylation sites (tertiary alicyclic amines) is 1. The molecule has 5 nitrogen and oxygen atoms in total. The lowest BCUT2D eigenvalue weighted by Gasteiger charge is -2.33. The van der Waals surface area contributed by atoms with Gasteiger partial charge in [-0.1, -0.05) is 41.9 Å². The van der Waals surface area contributed by atoms with Crippen molar-refractivity contribution < 1.29 is 4.79 Å². The molecule has 3 N–H and O–H groups in total. The van der Waals surface area contributed by atoms with E-state index in [0.717, 1.165) is 32.5 Å². The molecule has 1 aliphatic rings. The van der Waals surface area contributed by atoms with E-state index in [1.807, 2.05) is 6.07 Å². The number of pyridine rings is 1. The highest BCUT2D eigenvalue weighted by Gasteiger charge is 2.21. The van der Waals surface area contributed by atoms with Gasteiger partial charge < -0.3 is 11.1 Å². The second-order valence-corrected chi connectivity index (χ2v) is 6.48. The van der Waals surface area contributed by atoms with Crippen molar-refractivity contribution in [2.45, 2.75) is 25.4 Å². The predicted octanol–water partition coefficient (Wildman–Crippen LogP) is 2.91. The molecule has 2 aromatic rings. The van der Waals surface area contributed by atoms with E-state index in [1.165, 1.54) is 11.8 Å². The summed E-state index contributed by atoms with van der Waals surface area (Å²) >= 11 is 5.94. The third-order valence-corrected chi connectivity index (χ3v) is 4.54. The minimum atomic E-state index is -0.497. The third-order valence-electron chi connectivity index (χ3n) is 4.33. The SMILES string of the molecule is NC(=O)c1cnc(Cl)cc1NC1CCN(Cc2ccccc2)CC1. The Kier molecular flexibility index (Phi) is 5.33. The average molecular weight is 345 g/mol. The number of benzene rings is 1. The summed E-state index contributed by atoms with van der Waals surface area (Å²) in [5.74, 6) is -0.497. The van der Waals surface area contributed by atoms with Gasteiger partial charge in [0.15, 0.2) is 0 Å². The number of primary amides is 1. The fraction of sp³-hybridized carbons (Fsp3) is 0.333. The molecule has 1 amide bonds. The quantitative estimate of drug-likeness (QED) is 0.818. The first kappa shape index (κ1) is 16.7. The molecule has 0 atom stereocenters. The van der Waals surface area contributed by atoms with E-state index in [-0.39, 0.29) is 0 Å². The van der Waals surface area contributed by atoms with Gasteiger partial charge in [0, 0.05) is 31.9 Å². The Labute approximate surface area is 146 Å². The highest BCUT2D eigenvalue weighted by atomic mass is 35.5. The number of rotatable bonds is 5. The molecule has 1 saturated heterocycles. The molecule has 3 rings (SSSR count). The molecule has 1 aromatic carbocycles. The van der Waals surface area contributed by atoms with Gasteiger partial charge in [-0.15, -0.1) is 0 Å². The van der Waals surface area contributed by atoms with Crippen LogP contribution < -0.4 is 11.1 Å². The topological polar surface area (TPSA) is 71.2 Å². The number of nitrogens with zero attached hydrogens (tertiary/aromatic N) is 2. The first-order valence-electron chi connectivity index (χ1n) is 8.10. The van der Waals surface area contributed by atoms with E-state index in [1.54, 1.807) is 6.07 Å². The summed E-state index contributed by atoms with van der Waals surface area (Å²) in [7, 11) is 0. The van der Waals surface area contributed by atoms with E-state index >= 15 is 0 Å². The fourth-order valence-corrected chi connectivity index (χ4v) is 3.20. The van der Waals surface area contributed by atoms with Crippen LogP contribution in [0.4, 0.5) is 5.69 Å². The summed E-state index contributed by atoms with van der Waals surface area (Å²) in [6.07, 6.45) is 3.44. The largest absolute Gasteiger partial charge is 0.381 e. The number of carbonyl (C=O) groups is 1. The Morgan fingerprint density at radius 1 is 1.29 bits per heavy atom. The molecule has 1 aromatic heterocycles. The number of amides is 1. The van der Waals surface area contributed by atoms with Crippen molar-refractivity contribution in [3.05, 3.63) is 58.9 Å². The van der Waals surface area contributed by atoms with Crippen molar-refractivity contribution in [2.24, 2.45) is 5.73 Å². The summed E-state index contributed by atoms with van der Waals surface area (Å²) in [6.45, 7) is 3.00. The smallest absolute Gasteiger partial charge is 0.252 e. The molecule has 0 radical (unpaired) electrons. The maximum Gasteiger partial charge on any atom is 0.252 e. The molecule has 126 valence electrons. The van der Waals surface area contributed by atoms with E-state index < -0.39 is 5.91 Å². The predicted molar refractivity (Wildman–Crippen MR) is 96.1 cm³/mol. The highest BCUT2D eigenvalue weighted by molar-refractivity contribution is 6.29. The van der Waals surface area contributed by atoms with Crippen LogP contribution in [-0.4, -0.2) is 34.9 Å². The molecular formula is C18H21ClN4O. The monoisotopic (exact) mass is 344 g/mol. The van der Waals surface area contributed by atoms with Crippen LogP contribution in [-0.2, 0) is 6.54 Å². The second-order valence-electron chi connectivity index (χ2n) is 6.10. The summed E-state index contributed by atoms with van der Waals surface area (Å²) in [6, 6.07) is 12.5. The van der Waals surface area contributed by atoms with Crippen LogP contribution in [0.15, 0.2) is 42.6 Å². The number of nitrogens with one attached hydrogen (secondary N) is 1. The minimum absolute atomic E-state index is 0.300. The maximum absolute atomic E-state index is 11.5. The van der Waals surface area contributed by atoms with Gasteiger partial charge in [-0.25, -0.2) is 4.98 Å². The first-order chi connectivity index (χ1) is 11.6. The number of aromatic nitrogens is 1. The van der Waals surface area contributed by atoms with Gasteiger partial charge in [0.2, 0.25) is 0 Å². The number of nitrogens with two attached hydrogens (primary N) is 1. The molecular weight excluding hydrogens is 324 g/mol. The maximum atomic E-state index is 11.5. The van der Waals surface area contributed by atoms with Gasteiger partial charge in [0.1, 0.15) is 5.15 Å². The number of hydrogen-bond donors (Lipinski definition) is 2. The Morgan fingerprint density at radius 3 is 2.67 bits per heavy atom. The molecule has 0 aliphatic carbocycles. The number of halogens is 1. The van der Waals surface area contributed by atoms with Crippen LogP contribution in [0.5, 0.6) is 0 Å². The molecule has 0 bridgehead atoms. The highest BCUT2D eigenvalue weighted by Crippen LogP contribution is 2.23. The zero-order valence-corrected chi connectivity index (χ0v) is 14.2. The lowest BCUT2D eigenvalue weighted by atomic mass is 10.0. The minimum Gasteiger partial charge on any atom is -0.381 e. The normalized spacial score (nSPS) is 16.0. The number of hydrogen-bond acceptors (Lipinski definition) is 4. The number of piperidine rings is 1. The van der Waals surface area contributed by atoms with Crippen molar-refractivity contribution in [2.75, 3.05) is 18.4 Å². The molecule has 1 fully saturated rings. The standard InChI is InChI=1S/C18H21ClN4O/c19-17-10-16(15(11-21-17)18(20)24)22-14-6-8-23(9-7-14)12-13-4-2-1-3-5-13/h1-5,10-11,14H,6-9,12H2,(H2,20,24)(H,21,22). The van der Waals surface area contributed by atoms with Crippen LogP contribution in [0.3, 0.4) is 0 Å². The Morgan fingerprint density at radius 2 is 2.00 bits per heavy atom. The molecule has 2 heterocycles. The van der Waals surface area contributed by atoms with Crippen molar-refractivity contribution in [3.63, 3.8) is 0 Å². The van der Waals surface area contributed by atoms with Crippen LogP contribution in [0.25, 0.3) is 0 Å². The second kappa shape index (κ2) is 7.64. The van der Waals surface area contributed by atoms with Gasteiger partial charge in [-0.3, -0.25) is 9.69 Å². The van der Waals surface area contributed by atoms with Crippen LogP contribution in [0.2, 0.25) is 5.15 Å². The average Bonchev–Trinajstić information content (AvgIpc) is 2.57. The van der Waals surface area contributed by atoms with Crippen molar-refractivity contribution in [1.29, 1.82) is 0 Å². The van der Waals surface area contributed by atoms with E-state index in [2.05, 4.69) is 39.5 Å². The van der Waals surface area contributed by atoms with E-state index in [4.69, 9.17) is 17.3 Å². The van der Waals surface area contributed by atoms with E-state index in [9.17, 15) is 4.79 Å². The van der Waals surface area contributed by atoms with Gasteiger partial charge in [0.05, 0.1) is 11.3 Å². The Bertz CT molecular complexity index is 699. The zero-order chi connectivity index (χ0) is 16.9. The van der Waals surface area contributed by atoms with Crippen LogP contribution in [0, 0.1) is 0 Å². The summed E-state index contributed by atoms with van der Waals surface area (Å²) in [5.41, 5.74) is 7.79. The molecule has 0 spiro atoms. The van der Waals surface area contributed by atoms with Crippen LogP contribution in [0.1, 0.15) is 28.8 Å². The number of carbonyl (C=O) groups excluding carboxylic acids is 1. The molecule has 0 saturated carbocycles. The zero-order valence-electron chi connectivity index (χ0n) is 13.4.